The number of anilines is 1. The predicted octanol–water partition coefficient (Wildman–Crippen LogP) is 3.61. The van der Waals surface area contributed by atoms with E-state index >= 15 is 0 Å². The van der Waals surface area contributed by atoms with Crippen molar-refractivity contribution in [3.05, 3.63) is 29.3 Å². The molecule has 2 nitrogen and oxygen atoms in total. The number of rotatable bonds is 4. The molecule has 0 bridgehead atoms. The number of hydrogen-bond acceptors (Lipinski definition) is 3. The molecule has 2 rings (SSSR count). The lowest BCUT2D eigenvalue weighted by atomic mass is 10.0. The molecule has 0 aromatic heterocycles. The molecule has 1 heterocycles. The van der Waals surface area contributed by atoms with Crippen molar-refractivity contribution in [2.24, 2.45) is 5.73 Å². The van der Waals surface area contributed by atoms with E-state index in [0.29, 0.717) is 11.3 Å². The van der Waals surface area contributed by atoms with Gasteiger partial charge in [0.05, 0.1) is 0 Å². The van der Waals surface area contributed by atoms with Crippen molar-refractivity contribution in [3.8, 4) is 0 Å². The first-order valence-electron chi connectivity index (χ1n) is 7.76. The Labute approximate surface area is 128 Å². The van der Waals surface area contributed by atoms with Crippen molar-refractivity contribution in [1.29, 1.82) is 0 Å². The van der Waals surface area contributed by atoms with Crippen LogP contribution in [0.15, 0.2) is 18.2 Å². The second-order valence-corrected chi connectivity index (χ2v) is 7.49. The third kappa shape index (κ3) is 3.50. The predicted molar refractivity (Wildman–Crippen MR) is 91.9 cm³/mol. The first-order valence-corrected chi connectivity index (χ1v) is 8.81. The minimum absolute atomic E-state index is 0.283. The van der Waals surface area contributed by atoms with Gasteiger partial charge in [-0.25, -0.2) is 0 Å². The van der Waals surface area contributed by atoms with Crippen LogP contribution in [-0.4, -0.2) is 29.6 Å². The van der Waals surface area contributed by atoms with Crippen LogP contribution in [0.1, 0.15) is 38.3 Å². The topological polar surface area (TPSA) is 29.3 Å². The van der Waals surface area contributed by atoms with Gasteiger partial charge >= 0.3 is 0 Å². The molecule has 1 aromatic carbocycles. The summed E-state index contributed by atoms with van der Waals surface area (Å²) in [6, 6.07) is 7.77. The Bertz CT molecular complexity index is 447. The van der Waals surface area contributed by atoms with Crippen molar-refractivity contribution >= 4 is 17.4 Å². The normalized spacial score (nSPS) is 24.8. The van der Waals surface area contributed by atoms with Crippen LogP contribution < -0.4 is 10.6 Å². The molecule has 1 aliphatic rings. The average molecular weight is 292 g/mol. The standard InChI is InChI=1S/C17H28N2S/c1-5-16(18)11-15-6-7-17(12(2)10-15)19-8-9-20-14(4)13(19)3/h6-7,10,13-14,16H,5,8-9,11,18H2,1-4H3. The van der Waals surface area contributed by atoms with Crippen molar-refractivity contribution < 1.29 is 0 Å². The van der Waals surface area contributed by atoms with E-state index in [1.165, 1.54) is 22.6 Å². The molecule has 20 heavy (non-hydrogen) atoms. The molecule has 3 heteroatoms. The maximum atomic E-state index is 6.06. The van der Waals surface area contributed by atoms with Gasteiger partial charge in [-0.1, -0.05) is 26.0 Å². The van der Waals surface area contributed by atoms with E-state index in [1.54, 1.807) is 0 Å². The number of nitrogens with two attached hydrogens (primary N) is 1. The van der Waals surface area contributed by atoms with Crippen LogP contribution in [0.3, 0.4) is 0 Å². The van der Waals surface area contributed by atoms with Gasteiger partial charge in [-0.2, -0.15) is 11.8 Å². The summed E-state index contributed by atoms with van der Waals surface area (Å²) in [5.41, 5.74) is 10.2. The molecule has 0 amide bonds. The Balaban J connectivity index is 2.16. The summed E-state index contributed by atoms with van der Waals surface area (Å²) in [5.74, 6) is 1.23. The number of hydrogen-bond donors (Lipinski definition) is 1. The Morgan fingerprint density at radius 3 is 2.80 bits per heavy atom. The molecular formula is C17H28N2S. The third-order valence-corrected chi connectivity index (χ3v) is 5.81. The average Bonchev–Trinajstić information content (AvgIpc) is 2.42. The molecule has 0 aliphatic carbocycles. The largest absolute Gasteiger partial charge is 0.367 e. The van der Waals surface area contributed by atoms with Gasteiger partial charge in [0.2, 0.25) is 0 Å². The Morgan fingerprint density at radius 2 is 2.15 bits per heavy atom. The molecule has 3 atom stereocenters. The quantitative estimate of drug-likeness (QED) is 0.919. The van der Waals surface area contributed by atoms with Crippen molar-refractivity contribution in [3.63, 3.8) is 0 Å². The highest BCUT2D eigenvalue weighted by molar-refractivity contribution is 8.00. The molecule has 1 saturated heterocycles. The summed E-state index contributed by atoms with van der Waals surface area (Å²) >= 11 is 2.09. The minimum atomic E-state index is 0.283. The van der Waals surface area contributed by atoms with Gasteiger partial charge in [-0.3, -0.25) is 0 Å². The first kappa shape index (κ1) is 15.7. The summed E-state index contributed by atoms with van der Waals surface area (Å²) in [7, 11) is 0. The molecule has 1 aliphatic heterocycles. The van der Waals surface area contributed by atoms with Crippen LogP contribution >= 0.6 is 11.8 Å². The Kier molecular flexibility index (Phi) is 5.39. The van der Waals surface area contributed by atoms with E-state index in [9.17, 15) is 0 Å². The molecule has 112 valence electrons. The summed E-state index contributed by atoms with van der Waals surface area (Å²) in [5, 5.41) is 0.705. The summed E-state index contributed by atoms with van der Waals surface area (Å²) in [4.78, 5) is 2.57. The van der Waals surface area contributed by atoms with E-state index in [4.69, 9.17) is 5.73 Å². The van der Waals surface area contributed by atoms with E-state index in [-0.39, 0.29) is 6.04 Å². The Hall–Kier alpha value is -0.670. The van der Waals surface area contributed by atoms with Crippen LogP contribution in [0.5, 0.6) is 0 Å². The number of aryl methyl sites for hydroxylation is 1. The lowest BCUT2D eigenvalue weighted by Crippen LogP contribution is -2.45. The highest BCUT2D eigenvalue weighted by Crippen LogP contribution is 2.31. The summed E-state index contributed by atoms with van der Waals surface area (Å²) < 4.78 is 0. The van der Waals surface area contributed by atoms with Gasteiger partial charge in [0.15, 0.2) is 0 Å². The molecule has 0 radical (unpaired) electrons. The smallest absolute Gasteiger partial charge is 0.0399 e. The zero-order valence-corrected chi connectivity index (χ0v) is 14.0. The molecule has 1 aromatic rings. The van der Waals surface area contributed by atoms with Crippen molar-refractivity contribution in [1.82, 2.24) is 0 Å². The lowest BCUT2D eigenvalue weighted by Gasteiger charge is -2.40. The van der Waals surface area contributed by atoms with Crippen molar-refractivity contribution in [2.75, 3.05) is 17.2 Å². The van der Waals surface area contributed by atoms with Crippen LogP contribution in [0.4, 0.5) is 5.69 Å². The molecule has 0 saturated carbocycles. The fourth-order valence-electron chi connectivity index (χ4n) is 2.89. The van der Waals surface area contributed by atoms with Gasteiger partial charge in [-0.05, 0) is 43.9 Å². The molecular weight excluding hydrogens is 264 g/mol. The second-order valence-electron chi connectivity index (χ2n) is 6.00. The highest BCUT2D eigenvalue weighted by atomic mass is 32.2. The van der Waals surface area contributed by atoms with Gasteiger partial charge in [0.25, 0.3) is 0 Å². The van der Waals surface area contributed by atoms with Crippen LogP contribution in [0.25, 0.3) is 0 Å². The monoisotopic (exact) mass is 292 g/mol. The Morgan fingerprint density at radius 1 is 1.40 bits per heavy atom. The first-order chi connectivity index (χ1) is 9.52. The SMILES string of the molecule is CCC(N)Cc1ccc(N2CCSC(C)C2C)c(C)c1. The molecule has 2 N–H and O–H groups in total. The van der Waals surface area contributed by atoms with Gasteiger partial charge in [-0.15, -0.1) is 0 Å². The third-order valence-electron chi connectivity index (χ3n) is 4.48. The lowest BCUT2D eigenvalue weighted by molar-refractivity contribution is 0.625. The summed E-state index contributed by atoms with van der Waals surface area (Å²) in [6.45, 7) is 10.2. The minimum Gasteiger partial charge on any atom is -0.367 e. The van der Waals surface area contributed by atoms with Crippen LogP contribution in [-0.2, 0) is 6.42 Å². The number of benzene rings is 1. The molecule has 1 fully saturated rings. The van der Waals surface area contributed by atoms with E-state index in [0.717, 1.165) is 19.4 Å². The fourth-order valence-corrected chi connectivity index (χ4v) is 3.99. The van der Waals surface area contributed by atoms with Gasteiger partial charge in [0.1, 0.15) is 0 Å². The van der Waals surface area contributed by atoms with E-state index in [2.05, 4.69) is 62.6 Å². The van der Waals surface area contributed by atoms with E-state index < -0.39 is 0 Å². The van der Waals surface area contributed by atoms with Crippen molar-refractivity contribution in [2.45, 2.75) is 57.9 Å². The maximum Gasteiger partial charge on any atom is 0.0399 e. The maximum absolute atomic E-state index is 6.06. The van der Waals surface area contributed by atoms with Gasteiger partial charge in [0, 0.05) is 35.3 Å². The second kappa shape index (κ2) is 6.86. The highest BCUT2D eigenvalue weighted by Gasteiger charge is 2.26. The van der Waals surface area contributed by atoms with Crippen LogP contribution in [0.2, 0.25) is 0 Å². The number of nitrogens with zero attached hydrogens (tertiary/aromatic N) is 1. The van der Waals surface area contributed by atoms with E-state index in [1.807, 2.05) is 0 Å². The fraction of sp³-hybridized carbons (Fsp3) is 0.647. The zero-order valence-electron chi connectivity index (χ0n) is 13.2. The number of thioether (sulfide) groups is 1. The molecule has 0 spiro atoms. The van der Waals surface area contributed by atoms with Gasteiger partial charge < -0.3 is 10.6 Å². The molecule has 3 unspecified atom stereocenters. The zero-order chi connectivity index (χ0) is 14.7. The summed E-state index contributed by atoms with van der Waals surface area (Å²) in [6.07, 6.45) is 2.03. The van der Waals surface area contributed by atoms with Crippen LogP contribution in [0, 0.1) is 6.92 Å².